The Labute approximate surface area is 131 Å². The van der Waals surface area contributed by atoms with Crippen molar-refractivity contribution in [3.05, 3.63) is 23.4 Å². The van der Waals surface area contributed by atoms with Gasteiger partial charge in [0.25, 0.3) is 5.91 Å². The van der Waals surface area contributed by atoms with Crippen molar-refractivity contribution in [1.82, 2.24) is 9.91 Å². The third kappa shape index (κ3) is 3.37. The maximum absolute atomic E-state index is 12.4. The van der Waals surface area contributed by atoms with Gasteiger partial charge in [-0.2, -0.15) is 5.10 Å². The largest absolute Gasteiger partial charge is 0.461 e. The second-order valence-electron chi connectivity index (χ2n) is 5.36. The van der Waals surface area contributed by atoms with Crippen LogP contribution in [0.3, 0.4) is 0 Å². The summed E-state index contributed by atoms with van der Waals surface area (Å²) < 4.78 is 5.00. The Balaban J connectivity index is 2.27. The Morgan fingerprint density at radius 3 is 2.73 bits per heavy atom. The second kappa shape index (κ2) is 7.24. The molecule has 0 radical (unpaired) electrons. The van der Waals surface area contributed by atoms with Gasteiger partial charge in [-0.05, 0) is 38.3 Å². The van der Waals surface area contributed by atoms with Gasteiger partial charge in [-0.3, -0.25) is 4.79 Å². The predicted octanol–water partition coefficient (Wildman–Crippen LogP) is 1.69. The summed E-state index contributed by atoms with van der Waals surface area (Å²) in [6.45, 7) is 5.47. The minimum absolute atomic E-state index is 0.109. The van der Waals surface area contributed by atoms with Crippen LogP contribution in [0.2, 0.25) is 0 Å². The Morgan fingerprint density at radius 1 is 1.36 bits per heavy atom. The van der Waals surface area contributed by atoms with Crippen molar-refractivity contribution in [1.29, 1.82) is 0 Å². The first kappa shape index (κ1) is 16.3. The highest BCUT2D eigenvalue weighted by Crippen LogP contribution is 2.21. The number of hydrazone groups is 1. The maximum atomic E-state index is 12.4. The summed E-state index contributed by atoms with van der Waals surface area (Å²) >= 11 is 0. The summed E-state index contributed by atoms with van der Waals surface area (Å²) in [4.78, 5) is 26.6. The molecule has 0 unspecified atom stereocenters. The van der Waals surface area contributed by atoms with Crippen molar-refractivity contribution in [2.75, 3.05) is 26.7 Å². The van der Waals surface area contributed by atoms with Crippen LogP contribution >= 0.6 is 0 Å². The Morgan fingerprint density at radius 2 is 2.14 bits per heavy atom. The Bertz CT molecular complexity index is 549. The molecule has 0 aromatic carbocycles. The minimum atomic E-state index is -0.543. The van der Waals surface area contributed by atoms with Crippen LogP contribution in [-0.2, 0) is 14.3 Å². The third-order valence-corrected chi connectivity index (χ3v) is 3.70. The molecule has 0 atom stereocenters. The first-order chi connectivity index (χ1) is 10.6. The molecule has 0 N–H and O–H groups in total. The van der Waals surface area contributed by atoms with E-state index in [0.717, 1.165) is 31.5 Å². The van der Waals surface area contributed by atoms with E-state index >= 15 is 0 Å². The fourth-order valence-electron chi connectivity index (χ4n) is 2.55. The molecule has 0 bridgehead atoms. The molecule has 0 aromatic heterocycles. The van der Waals surface area contributed by atoms with Gasteiger partial charge in [0.05, 0.1) is 12.2 Å². The van der Waals surface area contributed by atoms with Crippen molar-refractivity contribution in [2.45, 2.75) is 33.1 Å². The molecule has 0 saturated carbocycles. The average Bonchev–Trinajstić information content (AvgIpc) is 3.03. The van der Waals surface area contributed by atoms with Gasteiger partial charge in [0.15, 0.2) is 5.71 Å². The summed E-state index contributed by atoms with van der Waals surface area (Å²) in [5, 5.41) is 5.48. The lowest BCUT2D eigenvalue weighted by Crippen LogP contribution is -2.23. The highest BCUT2D eigenvalue weighted by Gasteiger charge is 2.34. The van der Waals surface area contributed by atoms with E-state index in [1.54, 1.807) is 13.0 Å². The summed E-state index contributed by atoms with van der Waals surface area (Å²) in [5.74, 6) is -0.777. The molecule has 2 rings (SSSR count). The maximum Gasteiger partial charge on any atom is 0.359 e. The smallest absolute Gasteiger partial charge is 0.359 e. The molecule has 120 valence electrons. The second-order valence-corrected chi connectivity index (χ2v) is 5.36. The summed E-state index contributed by atoms with van der Waals surface area (Å²) in [6, 6.07) is 0. The zero-order chi connectivity index (χ0) is 16.1. The van der Waals surface area contributed by atoms with E-state index in [1.807, 2.05) is 20.0 Å². The molecular weight excluding hydrogens is 282 g/mol. The van der Waals surface area contributed by atoms with Gasteiger partial charge in [0, 0.05) is 25.8 Å². The number of rotatable bonds is 5. The quantitative estimate of drug-likeness (QED) is 0.573. The standard InChI is InChI=1S/C16H23N3O3/c1-4-10-19-15(20)13(14(17-19)16(21)22-5-2)9-8-12-7-6-11-18(12)3/h8-9H,4-7,10-11H2,1-3H3/b12-8-,13-9+. The number of nitrogens with zero attached hydrogens (tertiary/aromatic N) is 3. The third-order valence-electron chi connectivity index (χ3n) is 3.70. The van der Waals surface area contributed by atoms with Gasteiger partial charge >= 0.3 is 5.97 Å². The zero-order valence-corrected chi connectivity index (χ0v) is 13.5. The molecule has 22 heavy (non-hydrogen) atoms. The van der Waals surface area contributed by atoms with E-state index in [1.165, 1.54) is 5.01 Å². The van der Waals surface area contributed by atoms with E-state index in [-0.39, 0.29) is 18.2 Å². The van der Waals surface area contributed by atoms with Crippen molar-refractivity contribution in [3.63, 3.8) is 0 Å². The molecule has 2 aliphatic rings. The average molecular weight is 305 g/mol. The number of allylic oxidation sites excluding steroid dienone is 3. The zero-order valence-electron chi connectivity index (χ0n) is 13.5. The number of hydrogen-bond acceptors (Lipinski definition) is 5. The molecule has 6 heteroatoms. The number of likely N-dealkylation sites (tertiary alicyclic amines) is 1. The number of hydrogen-bond donors (Lipinski definition) is 0. The van der Waals surface area contributed by atoms with E-state index in [0.29, 0.717) is 12.1 Å². The first-order valence-corrected chi connectivity index (χ1v) is 7.78. The highest BCUT2D eigenvalue weighted by atomic mass is 16.5. The molecule has 2 heterocycles. The van der Waals surface area contributed by atoms with Crippen LogP contribution < -0.4 is 0 Å². The fourth-order valence-corrected chi connectivity index (χ4v) is 2.55. The molecule has 0 aromatic rings. The number of amides is 1. The van der Waals surface area contributed by atoms with E-state index < -0.39 is 5.97 Å². The van der Waals surface area contributed by atoms with Crippen LogP contribution in [0.4, 0.5) is 0 Å². The fraction of sp³-hybridized carbons (Fsp3) is 0.562. The topological polar surface area (TPSA) is 62.2 Å². The van der Waals surface area contributed by atoms with Gasteiger partial charge in [-0.25, -0.2) is 9.80 Å². The van der Waals surface area contributed by atoms with Crippen LogP contribution in [0.1, 0.15) is 33.1 Å². The van der Waals surface area contributed by atoms with Crippen molar-refractivity contribution >= 4 is 17.6 Å². The predicted molar refractivity (Wildman–Crippen MR) is 84.1 cm³/mol. The monoisotopic (exact) mass is 305 g/mol. The summed E-state index contributed by atoms with van der Waals surface area (Å²) in [5.41, 5.74) is 1.59. The van der Waals surface area contributed by atoms with Crippen LogP contribution in [-0.4, -0.2) is 54.2 Å². The highest BCUT2D eigenvalue weighted by molar-refractivity contribution is 6.51. The lowest BCUT2D eigenvalue weighted by atomic mass is 10.1. The van der Waals surface area contributed by atoms with Gasteiger partial charge in [-0.15, -0.1) is 0 Å². The normalized spacial score (nSPS) is 22.0. The molecule has 1 saturated heterocycles. The van der Waals surface area contributed by atoms with E-state index in [2.05, 4.69) is 10.0 Å². The molecular formula is C16H23N3O3. The lowest BCUT2D eigenvalue weighted by molar-refractivity contribution is -0.135. The van der Waals surface area contributed by atoms with Gasteiger partial charge < -0.3 is 9.64 Å². The molecule has 1 fully saturated rings. The summed E-state index contributed by atoms with van der Waals surface area (Å²) in [7, 11) is 2.03. The Hall–Kier alpha value is -2.11. The molecule has 2 aliphatic heterocycles. The molecule has 1 amide bonds. The van der Waals surface area contributed by atoms with Crippen molar-refractivity contribution < 1.29 is 14.3 Å². The number of esters is 1. The number of ether oxygens (including phenoxy) is 1. The van der Waals surface area contributed by atoms with E-state index in [4.69, 9.17) is 4.74 Å². The van der Waals surface area contributed by atoms with Crippen LogP contribution in [0.25, 0.3) is 0 Å². The first-order valence-electron chi connectivity index (χ1n) is 7.78. The van der Waals surface area contributed by atoms with Crippen LogP contribution in [0.5, 0.6) is 0 Å². The SMILES string of the molecule is CCCN1N=C(C(=O)OCC)/C(=C\C=C2\CCCN2C)C1=O. The van der Waals surface area contributed by atoms with E-state index in [9.17, 15) is 9.59 Å². The number of carbonyl (C=O) groups is 2. The lowest BCUT2D eigenvalue weighted by Gasteiger charge is -2.11. The summed E-state index contributed by atoms with van der Waals surface area (Å²) in [6.07, 6.45) is 6.48. The molecule has 0 aliphatic carbocycles. The van der Waals surface area contributed by atoms with Gasteiger partial charge in [-0.1, -0.05) is 6.92 Å². The van der Waals surface area contributed by atoms with Gasteiger partial charge in [0.1, 0.15) is 0 Å². The van der Waals surface area contributed by atoms with Gasteiger partial charge in [0.2, 0.25) is 0 Å². The van der Waals surface area contributed by atoms with Crippen molar-refractivity contribution in [2.24, 2.45) is 5.10 Å². The van der Waals surface area contributed by atoms with Crippen LogP contribution in [0, 0.1) is 0 Å². The molecule has 0 spiro atoms. The van der Waals surface area contributed by atoms with Crippen LogP contribution in [0.15, 0.2) is 28.5 Å². The molecule has 6 nitrogen and oxygen atoms in total. The van der Waals surface area contributed by atoms with Crippen molar-refractivity contribution in [3.8, 4) is 0 Å². The minimum Gasteiger partial charge on any atom is -0.461 e. The number of carbonyl (C=O) groups excluding carboxylic acids is 2. The Kier molecular flexibility index (Phi) is 5.35.